The van der Waals surface area contributed by atoms with Gasteiger partial charge >= 0.3 is 0 Å². The molecule has 0 atom stereocenters. The van der Waals surface area contributed by atoms with Crippen LogP contribution < -0.4 is 11.3 Å². The molecule has 0 radical (unpaired) electrons. The Bertz CT molecular complexity index is 928. The van der Waals surface area contributed by atoms with E-state index in [9.17, 15) is 14.4 Å². The molecule has 29 heavy (non-hydrogen) atoms. The fraction of sp³-hybridized carbons (Fsp3) is 0.368. The first kappa shape index (κ1) is 21.7. The number of thioether (sulfide) groups is 2. The number of hydrogen-bond acceptors (Lipinski definition) is 6. The van der Waals surface area contributed by atoms with Gasteiger partial charge in [0.15, 0.2) is 5.16 Å². The molecule has 154 valence electrons. The van der Waals surface area contributed by atoms with Crippen LogP contribution in [0.25, 0.3) is 0 Å². The number of likely N-dealkylation sites (tertiary alicyclic amines) is 1. The van der Waals surface area contributed by atoms with Crippen molar-refractivity contribution in [3.05, 3.63) is 51.4 Å². The number of aromatic nitrogens is 2. The zero-order chi connectivity index (χ0) is 20.8. The van der Waals surface area contributed by atoms with Gasteiger partial charge in [-0.3, -0.25) is 14.4 Å². The van der Waals surface area contributed by atoms with Gasteiger partial charge in [0.1, 0.15) is 0 Å². The maximum Gasteiger partial charge on any atom is 0.251 e. The molecule has 0 bridgehead atoms. The lowest BCUT2D eigenvalue weighted by atomic mass is 9.96. The SMILES string of the molecule is NC(=O)C1CCN(C(=O)CSc2nc(CSc3ccc(Cl)cc3)cc(=O)[nH]2)CC1. The van der Waals surface area contributed by atoms with Gasteiger partial charge in [-0.2, -0.15) is 0 Å². The smallest absolute Gasteiger partial charge is 0.251 e. The Morgan fingerprint density at radius 1 is 1.21 bits per heavy atom. The van der Waals surface area contributed by atoms with E-state index in [2.05, 4.69) is 9.97 Å². The summed E-state index contributed by atoms with van der Waals surface area (Å²) < 4.78 is 0. The number of H-pyrrole nitrogens is 1. The maximum absolute atomic E-state index is 12.4. The van der Waals surface area contributed by atoms with Crippen LogP contribution in [0.15, 0.2) is 45.2 Å². The van der Waals surface area contributed by atoms with Crippen LogP contribution in [0.1, 0.15) is 18.5 Å². The molecule has 1 fully saturated rings. The van der Waals surface area contributed by atoms with E-state index in [0.717, 1.165) is 4.90 Å². The van der Waals surface area contributed by atoms with Gasteiger partial charge in [-0.1, -0.05) is 23.4 Å². The third-order valence-electron chi connectivity index (χ3n) is 4.56. The second-order valence-electron chi connectivity index (χ2n) is 6.63. The molecule has 10 heteroatoms. The number of piperidine rings is 1. The van der Waals surface area contributed by atoms with Crippen molar-refractivity contribution in [1.29, 1.82) is 0 Å². The Kier molecular flexibility index (Phi) is 7.63. The molecule has 2 heterocycles. The van der Waals surface area contributed by atoms with Gasteiger partial charge in [-0.25, -0.2) is 4.98 Å². The molecule has 0 saturated carbocycles. The number of nitrogens with two attached hydrogens (primary N) is 1. The summed E-state index contributed by atoms with van der Waals surface area (Å²) in [5.74, 6) is 0.216. The highest BCUT2D eigenvalue weighted by Gasteiger charge is 2.25. The lowest BCUT2D eigenvalue weighted by molar-refractivity contribution is -0.132. The van der Waals surface area contributed by atoms with E-state index in [0.29, 0.717) is 47.6 Å². The lowest BCUT2D eigenvalue weighted by Crippen LogP contribution is -2.42. The van der Waals surface area contributed by atoms with Crippen molar-refractivity contribution < 1.29 is 9.59 Å². The average molecular weight is 453 g/mol. The van der Waals surface area contributed by atoms with Crippen LogP contribution >= 0.6 is 35.1 Å². The largest absolute Gasteiger partial charge is 0.369 e. The fourth-order valence-corrected chi connectivity index (χ4v) is 4.66. The van der Waals surface area contributed by atoms with Crippen LogP contribution in [0, 0.1) is 5.92 Å². The van der Waals surface area contributed by atoms with Crippen molar-refractivity contribution >= 4 is 46.9 Å². The van der Waals surface area contributed by atoms with Gasteiger partial charge in [0.2, 0.25) is 11.8 Å². The highest BCUT2D eigenvalue weighted by atomic mass is 35.5. The van der Waals surface area contributed by atoms with Gasteiger partial charge in [0, 0.05) is 40.7 Å². The van der Waals surface area contributed by atoms with E-state index in [1.807, 2.05) is 24.3 Å². The number of carbonyl (C=O) groups excluding carboxylic acids is 2. The first-order valence-corrected chi connectivity index (χ1v) is 11.4. The zero-order valence-corrected chi connectivity index (χ0v) is 18.0. The maximum atomic E-state index is 12.4. The molecule has 7 nitrogen and oxygen atoms in total. The number of rotatable bonds is 7. The molecule has 1 aliphatic heterocycles. The highest BCUT2D eigenvalue weighted by Crippen LogP contribution is 2.24. The minimum atomic E-state index is -0.304. The summed E-state index contributed by atoms with van der Waals surface area (Å²) in [6, 6.07) is 8.91. The summed E-state index contributed by atoms with van der Waals surface area (Å²) in [6.07, 6.45) is 1.19. The van der Waals surface area contributed by atoms with E-state index in [1.165, 1.54) is 17.8 Å². The number of amides is 2. The summed E-state index contributed by atoms with van der Waals surface area (Å²) in [5.41, 5.74) is 5.72. The van der Waals surface area contributed by atoms with Gasteiger partial charge in [0.25, 0.3) is 5.56 Å². The first-order chi connectivity index (χ1) is 13.9. The minimum absolute atomic E-state index is 0.0403. The summed E-state index contributed by atoms with van der Waals surface area (Å²) in [7, 11) is 0. The Balaban J connectivity index is 1.53. The first-order valence-electron chi connectivity index (χ1n) is 9.09. The van der Waals surface area contributed by atoms with Crippen molar-refractivity contribution in [2.45, 2.75) is 28.6 Å². The molecule has 0 aliphatic carbocycles. The third kappa shape index (κ3) is 6.52. The zero-order valence-electron chi connectivity index (χ0n) is 15.6. The molecule has 1 saturated heterocycles. The van der Waals surface area contributed by atoms with Crippen LogP contribution in [0.3, 0.4) is 0 Å². The van der Waals surface area contributed by atoms with Gasteiger partial charge in [-0.05, 0) is 37.1 Å². The topological polar surface area (TPSA) is 109 Å². The molecule has 0 unspecified atom stereocenters. The predicted octanol–water partition coefficient (Wildman–Crippen LogP) is 2.53. The molecule has 1 aliphatic rings. The van der Waals surface area contributed by atoms with Crippen molar-refractivity contribution in [2.75, 3.05) is 18.8 Å². The summed E-state index contributed by atoms with van der Waals surface area (Å²) >= 11 is 8.64. The number of carbonyl (C=O) groups is 2. The minimum Gasteiger partial charge on any atom is -0.369 e. The van der Waals surface area contributed by atoms with Gasteiger partial charge < -0.3 is 15.6 Å². The number of primary amides is 1. The molecule has 2 aromatic rings. The highest BCUT2D eigenvalue weighted by molar-refractivity contribution is 7.99. The van der Waals surface area contributed by atoms with E-state index in [4.69, 9.17) is 17.3 Å². The van der Waals surface area contributed by atoms with Crippen LogP contribution in [-0.4, -0.2) is 45.5 Å². The molecule has 3 rings (SSSR count). The third-order valence-corrected chi connectivity index (χ3v) is 6.71. The molecule has 2 amide bonds. The summed E-state index contributed by atoms with van der Waals surface area (Å²) in [6.45, 7) is 1.05. The average Bonchev–Trinajstić information content (AvgIpc) is 2.71. The fourth-order valence-electron chi connectivity index (χ4n) is 2.95. The Morgan fingerprint density at radius 3 is 2.55 bits per heavy atom. The van der Waals surface area contributed by atoms with Crippen molar-refractivity contribution in [2.24, 2.45) is 11.7 Å². The van der Waals surface area contributed by atoms with Gasteiger partial charge in [-0.15, -0.1) is 11.8 Å². The van der Waals surface area contributed by atoms with Crippen molar-refractivity contribution in [3.8, 4) is 0 Å². The Labute approximate surface area is 181 Å². The van der Waals surface area contributed by atoms with Crippen LogP contribution in [0.2, 0.25) is 5.02 Å². The predicted molar refractivity (Wildman–Crippen MR) is 115 cm³/mol. The van der Waals surface area contributed by atoms with Crippen LogP contribution in [-0.2, 0) is 15.3 Å². The van der Waals surface area contributed by atoms with Crippen LogP contribution in [0.4, 0.5) is 0 Å². The molecule has 0 spiro atoms. The standard InChI is InChI=1S/C19H21ClN4O3S2/c20-13-1-3-15(4-2-13)28-10-14-9-16(25)23-19(22-14)29-11-17(26)24-7-5-12(6-8-24)18(21)27/h1-4,9,12H,5-8,10-11H2,(H2,21,27)(H,22,23,25). The molecular formula is C19H21ClN4O3S2. The van der Waals surface area contributed by atoms with Crippen molar-refractivity contribution in [1.82, 2.24) is 14.9 Å². The molecular weight excluding hydrogens is 432 g/mol. The number of aromatic amines is 1. The quantitative estimate of drug-likeness (QED) is 0.493. The molecule has 1 aromatic heterocycles. The van der Waals surface area contributed by atoms with Gasteiger partial charge in [0.05, 0.1) is 11.4 Å². The summed E-state index contributed by atoms with van der Waals surface area (Å²) in [5, 5.41) is 1.09. The van der Waals surface area contributed by atoms with E-state index in [1.54, 1.807) is 16.7 Å². The van der Waals surface area contributed by atoms with E-state index < -0.39 is 0 Å². The Morgan fingerprint density at radius 2 is 1.90 bits per heavy atom. The number of benzene rings is 1. The second-order valence-corrected chi connectivity index (χ2v) is 9.08. The number of hydrogen-bond donors (Lipinski definition) is 2. The van der Waals surface area contributed by atoms with E-state index in [-0.39, 0.29) is 29.0 Å². The number of nitrogens with one attached hydrogen (secondary N) is 1. The van der Waals surface area contributed by atoms with Crippen LogP contribution in [0.5, 0.6) is 0 Å². The molecule has 1 aromatic carbocycles. The summed E-state index contributed by atoms with van der Waals surface area (Å²) in [4.78, 5) is 45.5. The number of halogens is 1. The Hall–Kier alpha value is -1.97. The lowest BCUT2D eigenvalue weighted by Gasteiger charge is -2.30. The number of nitrogens with zero attached hydrogens (tertiary/aromatic N) is 2. The molecule has 3 N–H and O–H groups in total. The monoisotopic (exact) mass is 452 g/mol. The van der Waals surface area contributed by atoms with E-state index >= 15 is 0 Å². The normalized spacial score (nSPS) is 14.7. The second kappa shape index (κ2) is 10.2. The van der Waals surface area contributed by atoms with Crippen molar-refractivity contribution in [3.63, 3.8) is 0 Å².